The molecule has 0 saturated heterocycles. The lowest BCUT2D eigenvalue weighted by Gasteiger charge is -2.00. The van der Waals surface area contributed by atoms with E-state index in [-0.39, 0.29) is 5.91 Å². The summed E-state index contributed by atoms with van der Waals surface area (Å²) < 4.78 is 10.9. The fourth-order valence-corrected chi connectivity index (χ4v) is 2.78. The molecule has 1 amide bonds. The standard InChI is InChI=1S/C20H12Cl2N2O3/c21-15-6-3-12(10-16(15)22)20-24-17-11-13(4-7-18(17)27-20)23-19(25)8-5-14-2-1-9-26-14/h1-11H,(H,23,25)/b8-5+. The number of benzene rings is 2. The van der Waals surface area contributed by atoms with Crippen molar-refractivity contribution < 1.29 is 13.6 Å². The third-order valence-electron chi connectivity index (χ3n) is 3.76. The van der Waals surface area contributed by atoms with Crippen LogP contribution in [-0.4, -0.2) is 10.9 Å². The van der Waals surface area contributed by atoms with Gasteiger partial charge in [-0.3, -0.25) is 4.79 Å². The molecule has 5 nitrogen and oxygen atoms in total. The van der Waals surface area contributed by atoms with Crippen LogP contribution >= 0.6 is 23.2 Å². The molecule has 0 aliphatic rings. The third-order valence-corrected chi connectivity index (χ3v) is 4.50. The van der Waals surface area contributed by atoms with Gasteiger partial charge in [0.25, 0.3) is 0 Å². The van der Waals surface area contributed by atoms with Gasteiger partial charge in [0.1, 0.15) is 11.3 Å². The summed E-state index contributed by atoms with van der Waals surface area (Å²) in [5, 5.41) is 3.66. The zero-order chi connectivity index (χ0) is 18.8. The van der Waals surface area contributed by atoms with Gasteiger partial charge in [0, 0.05) is 17.3 Å². The first-order valence-corrected chi connectivity index (χ1v) is 8.73. The van der Waals surface area contributed by atoms with Crippen LogP contribution in [0.2, 0.25) is 10.0 Å². The molecule has 0 fully saturated rings. The van der Waals surface area contributed by atoms with Crippen molar-refractivity contribution in [2.45, 2.75) is 0 Å². The predicted octanol–water partition coefficient (Wildman–Crippen LogP) is 6.05. The molecular weight excluding hydrogens is 387 g/mol. The van der Waals surface area contributed by atoms with Gasteiger partial charge in [0.2, 0.25) is 11.8 Å². The van der Waals surface area contributed by atoms with Crippen LogP contribution in [0, 0.1) is 0 Å². The van der Waals surface area contributed by atoms with Gasteiger partial charge in [-0.1, -0.05) is 23.2 Å². The minimum Gasteiger partial charge on any atom is -0.465 e. The maximum absolute atomic E-state index is 12.0. The van der Waals surface area contributed by atoms with E-state index in [0.717, 1.165) is 0 Å². The SMILES string of the molecule is O=C(/C=C/c1ccco1)Nc1ccc2oc(-c3ccc(Cl)c(Cl)c3)nc2c1. The minimum atomic E-state index is -0.279. The molecule has 0 aliphatic heterocycles. The van der Waals surface area contributed by atoms with Crippen molar-refractivity contribution in [2.75, 3.05) is 5.32 Å². The number of oxazole rings is 1. The number of hydrogen-bond donors (Lipinski definition) is 1. The number of rotatable bonds is 4. The van der Waals surface area contributed by atoms with E-state index in [1.807, 2.05) is 0 Å². The Balaban J connectivity index is 1.55. The van der Waals surface area contributed by atoms with Gasteiger partial charge in [-0.25, -0.2) is 4.98 Å². The van der Waals surface area contributed by atoms with E-state index < -0.39 is 0 Å². The van der Waals surface area contributed by atoms with Crippen LogP contribution in [0.5, 0.6) is 0 Å². The van der Waals surface area contributed by atoms with Crippen molar-refractivity contribution in [3.8, 4) is 11.5 Å². The number of halogens is 2. The van der Waals surface area contributed by atoms with Gasteiger partial charge in [-0.05, 0) is 54.6 Å². The lowest BCUT2D eigenvalue weighted by Crippen LogP contribution is -2.07. The number of carbonyl (C=O) groups excluding carboxylic acids is 1. The van der Waals surface area contributed by atoms with Crippen LogP contribution in [-0.2, 0) is 4.79 Å². The Kier molecular flexibility index (Phi) is 4.71. The number of aromatic nitrogens is 1. The molecule has 4 aromatic rings. The van der Waals surface area contributed by atoms with Gasteiger partial charge in [0.15, 0.2) is 5.58 Å². The van der Waals surface area contributed by atoms with E-state index in [9.17, 15) is 4.79 Å². The molecule has 1 N–H and O–H groups in total. The Morgan fingerprint density at radius 1 is 1.07 bits per heavy atom. The van der Waals surface area contributed by atoms with E-state index in [4.69, 9.17) is 32.0 Å². The summed E-state index contributed by atoms with van der Waals surface area (Å²) in [6.07, 6.45) is 4.53. The summed E-state index contributed by atoms with van der Waals surface area (Å²) in [5.41, 5.74) is 2.53. The molecule has 0 spiro atoms. The summed E-state index contributed by atoms with van der Waals surface area (Å²) in [4.78, 5) is 16.5. The summed E-state index contributed by atoms with van der Waals surface area (Å²) in [7, 11) is 0. The second-order valence-electron chi connectivity index (χ2n) is 5.67. The van der Waals surface area contributed by atoms with Crippen molar-refractivity contribution in [2.24, 2.45) is 0 Å². The quantitative estimate of drug-likeness (QED) is 0.425. The lowest BCUT2D eigenvalue weighted by atomic mass is 10.2. The highest BCUT2D eigenvalue weighted by Crippen LogP contribution is 2.30. The Morgan fingerprint density at radius 3 is 2.74 bits per heavy atom. The number of nitrogens with zero attached hydrogens (tertiary/aromatic N) is 1. The van der Waals surface area contributed by atoms with Gasteiger partial charge < -0.3 is 14.2 Å². The van der Waals surface area contributed by atoms with Crippen LogP contribution in [0.25, 0.3) is 28.6 Å². The molecule has 0 unspecified atom stereocenters. The van der Waals surface area contributed by atoms with E-state index in [2.05, 4.69) is 10.3 Å². The molecule has 0 aliphatic carbocycles. The van der Waals surface area contributed by atoms with Crippen LogP contribution in [0.15, 0.2) is 69.7 Å². The van der Waals surface area contributed by atoms with E-state index >= 15 is 0 Å². The number of carbonyl (C=O) groups is 1. The second-order valence-corrected chi connectivity index (χ2v) is 6.48. The van der Waals surface area contributed by atoms with Crippen LogP contribution in [0.3, 0.4) is 0 Å². The van der Waals surface area contributed by atoms with Crippen molar-refractivity contribution in [3.63, 3.8) is 0 Å². The maximum atomic E-state index is 12.0. The topological polar surface area (TPSA) is 68.3 Å². The number of anilines is 1. The largest absolute Gasteiger partial charge is 0.465 e. The van der Waals surface area contributed by atoms with Crippen molar-refractivity contribution >= 4 is 52.0 Å². The highest BCUT2D eigenvalue weighted by atomic mass is 35.5. The average molecular weight is 399 g/mol. The van der Waals surface area contributed by atoms with E-state index in [1.165, 1.54) is 6.08 Å². The molecule has 2 aromatic carbocycles. The Bertz CT molecular complexity index is 1150. The summed E-state index contributed by atoms with van der Waals surface area (Å²) in [6.45, 7) is 0. The van der Waals surface area contributed by atoms with Crippen molar-refractivity contribution in [1.82, 2.24) is 4.98 Å². The highest BCUT2D eigenvalue weighted by molar-refractivity contribution is 6.42. The molecule has 0 atom stereocenters. The molecule has 7 heteroatoms. The Hall–Kier alpha value is -3.02. The molecule has 2 aromatic heterocycles. The number of hydrogen-bond acceptors (Lipinski definition) is 4. The molecular formula is C20H12Cl2N2O3. The first-order chi connectivity index (χ1) is 13.1. The maximum Gasteiger partial charge on any atom is 0.248 e. The third kappa shape index (κ3) is 3.89. The fourth-order valence-electron chi connectivity index (χ4n) is 2.49. The van der Waals surface area contributed by atoms with Crippen LogP contribution in [0.1, 0.15) is 5.76 Å². The molecule has 0 saturated carbocycles. The molecule has 0 bridgehead atoms. The summed E-state index contributed by atoms with van der Waals surface area (Å²) in [6, 6.07) is 13.9. The number of amides is 1. The van der Waals surface area contributed by atoms with Gasteiger partial charge in [-0.15, -0.1) is 0 Å². The summed E-state index contributed by atoms with van der Waals surface area (Å²) in [5.74, 6) is 0.743. The number of fused-ring (bicyclic) bond motifs is 1. The van der Waals surface area contributed by atoms with Gasteiger partial charge in [0.05, 0.1) is 16.3 Å². The minimum absolute atomic E-state index is 0.279. The van der Waals surface area contributed by atoms with Crippen LogP contribution < -0.4 is 5.32 Å². The second kappa shape index (κ2) is 7.31. The smallest absolute Gasteiger partial charge is 0.248 e. The average Bonchev–Trinajstić information content (AvgIpc) is 3.31. The Morgan fingerprint density at radius 2 is 1.96 bits per heavy atom. The predicted molar refractivity (Wildman–Crippen MR) is 106 cm³/mol. The zero-order valence-electron chi connectivity index (χ0n) is 13.8. The van der Waals surface area contributed by atoms with Gasteiger partial charge in [-0.2, -0.15) is 0 Å². The molecule has 134 valence electrons. The van der Waals surface area contributed by atoms with Crippen LogP contribution in [0.4, 0.5) is 5.69 Å². The zero-order valence-corrected chi connectivity index (χ0v) is 15.3. The molecule has 2 heterocycles. The molecule has 0 radical (unpaired) electrons. The van der Waals surface area contributed by atoms with Crippen molar-refractivity contribution in [3.05, 3.63) is 76.7 Å². The Labute approximate surface area is 164 Å². The number of furan rings is 1. The van der Waals surface area contributed by atoms with Gasteiger partial charge >= 0.3 is 0 Å². The fraction of sp³-hybridized carbons (Fsp3) is 0. The number of nitrogens with one attached hydrogen (secondary N) is 1. The normalized spacial score (nSPS) is 11.3. The summed E-state index contributed by atoms with van der Waals surface area (Å²) >= 11 is 12.0. The van der Waals surface area contributed by atoms with E-state index in [1.54, 1.807) is 60.9 Å². The molecule has 4 rings (SSSR count). The monoisotopic (exact) mass is 398 g/mol. The first-order valence-electron chi connectivity index (χ1n) is 7.97. The molecule has 27 heavy (non-hydrogen) atoms. The highest BCUT2D eigenvalue weighted by Gasteiger charge is 2.11. The van der Waals surface area contributed by atoms with Crippen molar-refractivity contribution in [1.29, 1.82) is 0 Å². The van der Waals surface area contributed by atoms with E-state index in [0.29, 0.717) is 44.0 Å². The first kappa shape index (κ1) is 17.4. The lowest BCUT2D eigenvalue weighted by molar-refractivity contribution is -0.111.